The van der Waals surface area contributed by atoms with Crippen LogP contribution in [0, 0.1) is 5.92 Å². The predicted octanol–water partition coefficient (Wildman–Crippen LogP) is 3.53. The lowest BCUT2D eigenvalue weighted by Crippen LogP contribution is -2.55. The van der Waals surface area contributed by atoms with Gasteiger partial charge < -0.3 is 19.7 Å². The van der Waals surface area contributed by atoms with Crippen molar-refractivity contribution in [3.63, 3.8) is 0 Å². The van der Waals surface area contributed by atoms with Crippen LogP contribution in [-0.4, -0.2) is 48.3 Å². The number of ether oxygens (including phenoxy) is 2. The van der Waals surface area contributed by atoms with E-state index in [-0.39, 0.29) is 24.1 Å². The minimum Gasteiger partial charge on any atom is -0.466 e. The highest BCUT2D eigenvalue weighted by Gasteiger charge is 2.38. The van der Waals surface area contributed by atoms with Crippen LogP contribution < -0.4 is 5.32 Å². The molecule has 1 N–H and O–H groups in total. The zero-order chi connectivity index (χ0) is 20.0. The number of carbonyl (C=O) groups excluding carboxylic acids is 2. The first-order valence-electron chi connectivity index (χ1n) is 9.67. The first kappa shape index (κ1) is 21.2. The Hall–Kier alpha value is -2.08. The normalized spacial score (nSPS) is 21.4. The van der Waals surface area contributed by atoms with Crippen LogP contribution >= 0.6 is 0 Å². The molecule has 1 saturated heterocycles. The smallest absolute Gasteiger partial charge is 0.410 e. The van der Waals surface area contributed by atoms with Crippen LogP contribution in [0.15, 0.2) is 30.3 Å². The quantitative estimate of drug-likeness (QED) is 0.797. The number of likely N-dealkylation sites (tertiary alicyclic amines) is 1. The fraction of sp³-hybridized carbons (Fsp3) is 0.619. The minimum absolute atomic E-state index is 0.0575. The van der Waals surface area contributed by atoms with Crippen molar-refractivity contribution < 1.29 is 19.1 Å². The van der Waals surface area contributed by atoms with Crippen molar-refractivity contribution in [1.82, 2.24) is 10.2 Å². The van der Waals surface area contributed by atoms with Gasteiger partial charge in [0.1, 0.15) is 5.60 Å². The standard InChI is InChI=1S/C21H32N2O4/c1-6-26-19(24)17-14-23(20(25)27-21(3,4)5)13-12-18(17)22-15(2)16-10-8-7-9-11-16/h7-11,15,17-18,22H,6,12-14H2,1-5H3/t15-,17+,18-/m1/s1. The molecule has 0 spiro atoms. The summed E-state index contributed by atoms with van der Waals surface area (Å²) in [5, 5.41) is 3.55. The van der Waals surface area contributed by atoms with Gasteiger partial charge in [-0.05, 0) is 46.6 Å². The summed E-state index contributed by atoms with van der Waals surface area (Å²) in [5.74, 6) is -0.694. The summed E-state index contributed by atoms with van der Waals surface area (Å²) in [7, 11) is 0. The largest absolute Gasteiger partial charge is 0.466 e. The van der Waals surface area contributed by atoms with Crippen molar-refractivity contribution in [1.29, 1.82) is 0 Å². The van der Waals surface area contributed by atoms with Crippen LogP contribution in [0.25, 0.3) is 0 Å². The number of piperidine rings is 1. The van der Waals surface area contributed by atoms with Crippen molar-refractivity contribution in [2.75, 3.05) is 19.7 Å². The summed E-state index contributed by atoms with van der Waals surface area (Å²) in [6.45, 7) is 10.6. The Kier molecular flexibility index (Phi) is 7.25. The Bertz CT molecular complexity index is 627. The Morgan fingerprint density at radius 1 is 1.26 bits per heavy atom. The van der Waals surface area contributed by atoms with Crippen LogP contribution in [-0.2, 0) is 14.3 Å². The summed E-state index contributed by atoms with van der Waals surface area (Å²) >= 11 is 0. The van der Waals surface area contributed by atoms with Gasteiger partial charge in [-0.1, -0.05) is 30.3 Å². The van der Waals surface area contributed by atoms with Crippen molar-refractivity contribution >= 4 is 12.1 Å². The van der Waals surface area contributed by atoms with Crippen LogP contribution in [0.5, 0.6) is 0 Å². The zero-order valence-corrected chi connectivity index (χ0v) is 17.0. The molecule has 2 rings (SSSR count). The van der Waals surface area contributed by atoms with Gasteiger partial charge in [-0.25, -0.2) is 4.79 Å². The molecule has 1 aliphatic heterocycles. The first-order valence-corrected chi connectivity index (χ1v) is 9.67. The van der Waals surface area contributed by atoms with E-state index in [1.54, 1.807) is 11.8 Å². The molecule has 1 aliphatic rings. The number of esters is 1. The van der Waals surface area contributed by atoms with Gasteiger partial charge in [0, 0.05) is 25.2 Å². The fourth-order valence-corrected chi connectivity index (χ4v) is 3.29. The number of nitrogens with one attached hydrogen (secondary N) is 1. The lowest BCUT2D eigenvalue weighted by molar-refractivity contribution is -0.151. The first-order chi connectivity index (χ1) is 12.7. The second-order valence-corrected chi connectivity index (χ2v) is 7.98. The third-order valence-corrected chi connectivity index (χ3v) is 4.62. The van der Waals surface area contributed by atoms with E-state index in [0.717, 1.165) is 5.56 Å². The Labute approximate surface area is 162 Å². The summed E-state index contributed by atoms with van der Waals surface area (Å²) in [4.78, 5) is 26.6. The van der Waals surface area contributed by atoms with Crippen molar-refractivity contribution in [3.05, 3.63) is 35.9 Å². The molecule has 6 nitrogen and oxygen atoms in total. The van der Waals surface area contributed by atoms with Gasteiger partial charge in [0.2, 0.25) is 0 Å². The lowest BCUT2D eigenvalue weighted by Gasteiger charge is -2.39. The third kappa shape index (κ3) is 6.24. The van der Waals surface area contributed by atoms with E-state index >= 15 is 0 Å². The maximum Gasteiger partial charge on any atom is 0.410 e. The summed E-state index contributed by atoms with van der Waals surface area (Å²) < 4.78 is 10.7. The molecule has 150 valence electrons. The predicted molar refractivity (Wildman–Crippen MR) is 104 cm³/mol. The van der Waals surface area contributed by atoms with E-state index in [9.17, 15) is 9.59 Å². The second kappa shape index (κ2) is 9.22. The number of nitrogens with zero attached hydrogens (tertiary/aromatic N) is 1. The summed E-state index contributed by atoms with van der Waals surface area (Å²) in [5.41, 5.74) is 0.600. The molecule has 1 fully saturated rings. The third-order valence-electron chi connectivity index (χ3n) is 4.62. The fourth-order valence-electron chi connectivity index (χ4n) is 3.29. The van der Waals surface area contributed by atoms with Crippen molar-refractivity contribution in [3.8, 4) is 0 Å². The highest BCUT2D eigenvalue weighted by Crippen LogP contribution is 2.24. The van der Waals surface area contributed by atoms with E-state index in [2.05, 4.69) is 24.4 Å². The van der Waals surface area contributed by atoms with E-state index in [0.29, 0.717) is 26.1 Å². The molecular formula is C21H32N2O4. The van der Waals surface area contributed by atoms with Crippen LogP contribution in [0.1, 0.15) is 52.6 Å². The van der Waals surface area contributed by atoms with Crippen LogP contribution in [0.3, 0.4) is 0 Å². The average molecular weight is 376 g/mol. The van der Waals surface area contributed by atoms with E-state index in [1.807, 2.05) is 39.0 Å². The molecule has 0 radical (unpaired) electrons. The Morgan fingerprint density at radius 2 is 1.93 bits per heavy atom. The van der Waals surface area contributed by atoms with Crippen molar-refractivity contribution in [2.24, 2.45) is 5.92 Å². The molecule has 1 aromatic rings. The molecule has 0 saturated carbocycles. The van der Waals surface area contributed by atoms with Gasteiger partial charge in [-0.15, -0.1) is 0 Å². The maximum absolute atomic E-state index is 12.5. The SMILES string of the molecule is CCOC(=O)[C@H]1CN(C(=O)OC(C)(C)C)CC[C@H]1N[C@H](C)c1ccccc1. The zero-order valence-electron chi connectivity index (χ0n) is 17.0. The number of amides is 1. The number of hydrogen-bond donors (Lipinski definition) is 1. The summed E-state index contributed by atoms with van der Waals surface area (Å²) in [6, 6.07) is 10.2. The monoisotopic (exact) mass is 376 g/mol. The van der Waals surface area contributed by atoms with Gasteiger partial charge in [-0.2, -0.15) is 0 Å². The molecule has 3 atom stereocenters. The maximum atomic E-state index is 12.5. The molecule has 1 heterocycles. The second-order valence-electron chi connectivity index (χ2n) is 7.98. The molecule has 27 heavy (non-hydrogen) atoms. The van der Waals surface area contributed by atoms with Gasteiger partial charge in [0.15, 0.2) is 0 Å². The minimum atomic E-state index is -0.562. The highest BCUT2D eigenvalue weighted by molar-refractivity contribution is 5.76. The van der Waals surface area contributed by atoms with Crippen molar-refractivity contribution in [2.45, 2.75) is 58.7 Å². The number of benzene rings is 1. The molecule has 0 unspecified atom stereocenters. The number of hydrogen-bond acceptors (Lipinski definition) is 5. The molecule has 1 amide bonds. The number of carbonyl (C=O) groups is 2. The molecular weight excluding hydrogens is 344 g/mol. The molecule has 0 aliphatic carbocycles. The molecule has 0 bridgehead atoms. The molecule has 6 heteroatoms. The molecule has 1 aromatic carbocycles. The van der Waals surface area contributed by atoms with E-state index in [1.165, 1.54) is 0 Å². The van der Waals surface area contributed by atoms with Gasteiger partial charge in [-0.3, -0.25) is 4.79 Å². The Morgan fingerprint density at radius 3 is 2.52 bits per heavy atom. The van der Waals surface area contributed by atoms with Gasteiger partial charge in [0.05, 0.1) is 12.5 Å². The van der Waals surface area contributed by atoms with E-state index < -0.39 is 11.5 Å². The lowest BCUT2D eigenvalue weighted by atomic mass is 9.91. The van der Waals surface area contributed by atoms with Gasteiger partial charge in [0.25, 0.3) is 0 Å². The molecule has 0 aromatic heterocycles. The van der Waals surface area contributed by atoms with Crippen LogP contribution in [0.4, 0.5) is 4.79 Å². The van der Waals surface area contributed by atoms with Crippen LogP contribution in [0.2, 0.25) is 0 Å². The van der Waals surface area contributed by atoms with E-state index in [4.69, 9.17) is 9.47 Å². The topological polar surface area (TPSA) is 67.9 Å². The van der Waals surface area contributed by atoms with Gasteiger partial charge >= 0.3 is 12.1 Å². The summed E-state index contributed by atoms with van der Waals surface area (Å²) in [6.07, 6.45) is 0.284. The Balaban J connectivity index is 2.08. The average Bonchev–Trinajstić information content (AvgIpc) is 2.61. The number of rotatable bonds is 5. The highest BCUT2D eigenvalue weighted by atomic mass is 16.6.